The summed E-state index contributed by atoms with van der Waals surface area (Å²) < 4.78 is 0. The van der Waals surface area contributed by atoms with Crippen molar-refractivity contribution in [3.05, 3.63) is 4.91 Å². The molecule has 0 aromatic heterocycles. The van der Waals surface area contributed by atoms with Crippen LogP contribution in [0.15, 0.2) is 0 Å². The maximum Gasteiger partial charge on any atom is 0.352 e. The summed E-state index contributed by atoms with van der Waals surface area (Å²) in [6, 6.07) is 0.333. The van der Waals surface area contributed by atoms with Crippen LogP contribution in [0.25, 0.3) is 0 Å². The van der Waals surface area contributed by atoms with E-state index < -0.39 is 5.03 Å². The van der Waals surface area contributed by atoms with Crippen LogP contribution in [0.3, 0.4) is 0 Å². The molecule has 0 rings (SSSR count). The predicted molar refractivity (Wildman–Crippen MR) is 48.3 cm³/mol. The minimum atomic E-state index is -0.750. The number of hydrogen-bond acceptors (Lipinski definition) is 3. The van der Waals surface area contributed by atoms with Gasteiger partial charge in [0.15, 0.2) is 0 Å². The van der Waals surface area contributed by atoms with Gasteiger partial charge in [0.25, 0.3) is 0 Å². The number of nitrogens with two attached hydrogens (primary N) is 3. The smallest absolute Gasteiger partial charge is 0.330 e. The molecule has 6 nitrogen and oxygen atoms in total. The van der Waals surface area contributed by atoms with Gasteiger partial charge < -0.3 is 11.5 Å². The molecule has 0 bridgehead atoms. The second kappa shape index (κ2) is 16.6. The fourth-order valence-electron chi connectivity index (χ4n) is 0. The highest BCUT2D eigenvalue weighted by atomic mass is 16.7. The van der Waals surface area contributed by atoms with Crippen molar-refractivity contribution in [2.24, 2.45) is 17.3 Å². The lowest BCUT2D eigenvalue weighted by Gasteiger charge is -1.81. The molecule has 12 heavy (non-hydrogen) atoms. The van der Waals surface area contributed by atoms with E-state index in [1.807, 2.05) is 13.8 Å². The maximum absolute atomic E-state index is 8.69. The van der Waals surface area contributed by atoms with Gasteiger partial charge in [0.2, 0.25) is 0 Å². The Hall–Kier alpha value is -0.880. The number of hydrazine groups is 1. The molecule has 0 aliphatic carbocycles. The molecule has 0 aromatic rings. The molecule has 0 aliphatic rings. The minimum absolute atomic E-state index is 0.333. The Labute approximate surface area is 73.2 Å². The van der Waals surface area contributed by atoms with Gasteiger partial charge in [-0.3, -0.25) is 0 Å². The molecule has 0 unspecified atom stereocenters. The van der Waals surface area contributed by atoms with Crippen LogP contribution in [-0.2, 0) is 0 Å². The standard InChI is InChI=1S/2C3H9N.H3N2O2/c1-3(2)4;1-2-3-4;1-2(3)4/h3H,4H2,1-2H3;2-4H2,1H3;1H2,(H,3,4)/q;;+1. The Morgan fingerprint density at radius 2 is 1.58 bits per heavy atom. The van der Waals surface area contributed by atoms with Crippen LogP contribution in [0, 0.1) is 4.91 Å². The Morgan fingerprint density at radius 3 is 1.58 bits per heavy atom. The minimum Gasteiger partial charge on any atom is -0.330 e. The Balaban J connectivity index is -0.000000101. The first kappa shape index (κ1) is 17.3. The Bertz CT molecular complexity index is 78.9. The SMILES string of the molecule is CC(C)N.CCCN.N[N+](=O)O. The van der Waals surface area contributed by atoms with Gasteiger partial charge in [-0.1, -0.05) is 20.8 Å². The third-order valence-corrected chi connectivity index (χ3v) is 0.289. The van der Waals surface area contributed by atoms with Crippen LogP contribution in [0.5, 0.6) is 0 Å². The van der Waals surface area contributed by atoms with E-state index in [9.17, 15) is 0 Å². The fraction of sp³-hybridized carbons (Fsp3) is 1.00. The molecule has 0 atom stereocenters. The van der Waals surface area contributed by atoms with Crippen LogP contribution in [0.1, 0.15) is 27.2 Å². The zero-order valence-electron chi connectivity index (χ0n) is 8.03. The molecule has 0 spiro atoms. The van der Waals surface area contributed by atoms with Gasteiger partial charge in [0, 0.05) is 0 Å². The number of rotatable bonds is 1. The summed E-state index contributed by atoms with van der Waals surface area (Å²) in [5.74, 6) is 3.94. The Kier molecular flexibility index (Phi) is 23.9. The first-order chi connectivity index (χ1) is 5.38. The fourth-order valence-corrected chi connectivity index (χ4v) is 0. The highest BCUT2D eigenvalue weighted by molar-refractivity contribution is 4.32. The summed E-state index contributed by atoms with van der Waals surface area (Å²) >= 11 is 0. The van der Waals surface area contributed by atoms with Crippen LogP contribution < -0.4 is 17.3 Å². The highest BCUT2D eigenvalue weighted by Gasteiger charge is 1.72. The molecule has 0 aromatic carbocycles. The van der Waals surface area contributed by atoms with E-state index >= 15 is 0 Å². The van der Waals surface area contributed by atoms with Crippen molar-refractivity contribution in [1.82, 2.24) is 0 Å². The number of hydrogen-bond donors (Lipinski definition) is 4. The van der Waals surface area contributed by atoms with Gasteiger partial charge in [-0.15, -0.1) is 5.84 Å². The van der Waals surface area contributed by atoms with Crippen LogP contribution >= 0.6 is 0 Å². The van der Waals surface area contributed by atoms with Crippen molar-refractivity contribution in [3.63, 3.8) is 0 Å². The normalized spacial score (nSPS) is 7.50. The maximum atomic E-state index is 8.69. The lowest BCUT2D eigenvalue weighted by molar-refractivity contribution is -0.801. The average Bonchev–Trinajstić information content (AvgIpc) is 1.85. The molecule has 0 saturated heterocycles. The molecule has 0 fully saturated rings. The van der Waals surface area contributed by atoms with Crippen molar-refractivity contribution >= 4 is 0 Å². The van der Waals surface area contributed by atoms with Crippen molar-refractivity contribution in [3.8, 4) is 0 Å². The van der Waals surface area contributed by atoms with Crippen molar-refractivity contribution in [2.75, 3.05) is 6.54 Å². The van der Waals surface area contributed by atoms with E-state index in [0.717, 1.165) is 13.0 Å². The highest BCUT2D eigenvalue weighted by Crippen LogP contribution is 1.58. The Morgan fingerprint density at radius 1 is 1.50 bits per heavy atom. The average molecular weight is 181 g/mol. The third-order valence-electron chi connectivity index (χ3n) is 0.289. The first-order valence-electron chi connectivity index (χ1n) is 3.74. The van der Waals surface area contributed by atoms with E-state index in [-0.39, 0.29) is 0 Å². The van der Waals surface area contributed by atoms with Crippen molar-refractivity contribution in [2.45, 2.75) is 33.2 Å². The molecule has 6 heteroatoms. The molecule has 0 aliphatic heterocycles. The van der Waals surface area contributed by atoms with Crippen molar-refractivity contribution in [1.29, 1.82) is 0 Å². The first-order valence-corrected chi connectivity index (χ1v) is 3.74. The second-order valence-corrected chi connectivity index (χ2v) is 2.34. The monoisotopic (exact) mass is 181 g/mol. The second-order valence-electron chi connectivity index (χ2n) is 2.34. The topological polar surface area (TPSA) is 118 Å². The van der Waals surface area contributed by atoms with Gasteiger partial charge in [-0.05, 0) is 19.0 Å². The molecule has 0 heterocycles. The van der Waals surface area contributed by atoms with Gasteiger partial charge in [0.05, 0.1) is 0 Å². The molecule has 76 valence electrons. The van der Waals surface area contributed by atoms with E-state index in [1.165, 1.54) is 0 Å². The largest absolute Gasteiger partial charge is 0.352 e. The zero-order valence-corrected chi connectivity index (χ0v) is 8.03. The summed E-state index contributed by atoms with van der Waals surface area (Å²) in [5.41, 5.74) is 10.1. The van der Waals surface area contributed by atoms with Crippen molar-refractivity contribution < 1.29 is 10.2 Å². The van der Waals surface area contributed by atoms with E-state index in [1.54, 1.807) is 0 Å². The lowest BCUT2D eigenvalue weighted by Crippen LogP contribution is -2.08. The van der Waals surface area contributed by atoms with Crippen LogP contribution in [-0.4, -0.2) is 22.8 Å². The lowest BCUT2D eigenvalue weighted by atomic mass is 10.5. The van der Waals surface area contributed by atoms with E-state index in [0.29, 0.717) is 6.04 Å². The molecular formula is C6H21N4O2+. The summed E-state index contributed by atoms with van der Waals surface area (Å²) in [4.78, 5) is 8.69. The van der Waals surface area contributed by atoms with Gasteiger partial charge in [-0.25, -0.2) is 5.21 Å². The van der Waals surface area contributed by atoms with E-state index in [4.69, 9.17) is 21.6 Å². The molecule has 7 N–H and O–H groups in total. The summed E-state index contributed by atoms with van der Waals surface area (Å²) in [5, 5.41) is 6.36. The number of nitrogens with zero attached hydrogens (tertiary/aromatic N) is 1. The summed E-state index contributed by atoms with van der Waals surface area (Å²) in [7, 11) is 0. The summed E-state index contributed by atoms with van der Waals surface area (Å²) in [6.45, 7) is 6.76. The quantitative estimate of drug-likeness (QED) is 0.328. The van der Waals surface area contributed by atoms with Crippen LogP contribution in [0.2, 0.25) is 0 Å². The van der Waals surface area contributed by atoms with E-state index in [2.05, 4.69) is 12.8 Å². The predicted octanol–water partition coefficient (Wildman–Crippen LogP) is -0.263. The molecule has 0 radical (unpaired) electrons. The zero-order chi connectivity index (χ0) is 10.6. The molecule has 0 amide bonds. The van der Waals surface area contributed by atoms with Crippen LogP contribution in [0.4, 0.5) is 0 Å². The van der Waals surface area contributed by atoms with Gasteiger partial charge >= 0.3 is 5.03 Å². The van der Waals surface area contributed by atoms with Gasteiger partial charge in [0.1, 0.15) is 4.91 Å². The molecular weight excluding hydrogens is 160 g/mol. The van der Waals surface area contributed by atoms with Gasteiger partial charge in [-0.2, -0.15) is 0 Å². The summed E-state index contributed by atoms with van der Waals surface area (Å²) in [6.07, 6.45) is 1.10. The molecule has 0 saturated carbocycles. The third kappa shape index (κ3) is 41800.